The number of ether oxygens (including phenoxy) is 1. The van der Waals surface area contributed by atoms with Gasteiger partial charge in [0, 0.05) is 0 Å². The first-order chi connectivity index (χ1) is 8.17. The number of rotatable bonds is 3. The van der Waals surface area contributed by atoms with Gasteiger partial charge in [-0.3, -0.25) is 4.99 Å². The van der Waals surface area contributed by atoms with E-state index in [-0.39, 0.29) is 0 Å². The molecule has 0 saturated carbocycles. The van der Waals surface area contributed by atoms with Crippen molar-refractivity contribution in [2.75, 3.05) is 13.2 Å². The number of alkyl halides is 1. The first-order valence-corrected chi connectivity index (χ1v) is 6.21. The van der Waals surface area contributed by atoms with Crippen LogP contribution in [0.25, 0.3) is 0 Å². The van der Waals surface area contributed by atoms with Gasteiger partial charge in [-0.15, -0.1) is 6.58 Å². The molecule has 5 atom stereocenters. The Kier molecular flexibility index (Phi) is 4.03. The van der Waals surface area contributed by atoms with Crippen molar-refractivity contribution in [3.8, 4) is 0 Å². The van der Waals surface area contributed by atoms with Gasteiger partial charge in [0.05, 0.1) is 12.6 Å². The molecule has 2 saturated heterocycles. The quantitative estimate of drug-likeness (QED) is 0.606. The monoisotopic (exact) mass is 262 g/mol. The molecule has 96 valence electrons. The molecule has 0 aromatic rings. The van der Waals surface area contributed by atoms with E-state index in [4.69, 9.17) is 4.74 Å². The molecule has 0 radical (unpaired) electrons. The smallest absolute Gasteiger partial charge is 0.159 e. The second-order valence-electron chi connectivity index (χ2n) is 3.90. The molecule has 0 bridgehead atoms. The van der Waals surface area contributed by atoms with Crippen LogP contribution in [0.1, 0.15) is 0 Å². The standard InChI is InChI=1S/C10H15FN2O3S/c1-2-3-12-10-13-6-8(15)7(14)5(4-11)16-9(6)17-10/h2,5-9,14-15H,1,3-4H2,(H,12,13). The van der Waals surface area contributed by atoms with E-state index in [1.54, 1.807) is 6.08 Å². The molecule has 0 amide bonds. The largest absolute Gasteiger partial charge is 0.388 e. The van der Waals surface area contributed by atoms with Crippen molar-refractivity contribution in [3.05, 3.63) is 12.7 Å². The van der Waals surface area contributed by atoms with E-state index in [1.807, 2.05) is 0 Å². The van der Waals surface area contributed by atoms with Gasteiger partial charge in [0.2, 0.25) is 0 Å². The predicted octanol–water partition coefficient (Wildman–Crippen LogP) is -0.350. The average Bonchev–Trinajstić information content (AvgIpc) is 2.74. The molecule has 2 fully saturated rings. The van der Waals surface area contributed by atoms with Gasteiger partial charge in [0.15, 0.2) is 5.17 Å². The maximum Gasteiger partial charge on any atom is 0.159 e. The van der Waals surface area contributed by atoms with Crippen LogP contribution in [0.3, 0.4) is 0 Å². The minimum Gasteiger partial charge on any atom is -0.388 e. The van der Waals surface area contributed by atoms with E-state index in [0.29, 0.717) is 11.7 Å². The summed E-state index contributed by atoms with van der Waals surface area (Å²) in [4.78, 5) is 4.16. The van der Waals surface area contributed by atoms with Crippen LogP contribution >= 0.6 is 11.8 Å². The molecular formula is C10H15FN2O3S. The highest BCUT2D eigenvalue weighted by molar-refractivity contribution is 8.14. The van der Waals surface area contributed by atoms with Crippen LogP contribution in [0.4, 0.5) is 4.39 Å². The molecule has 5 nitrogen and oxygen atoms in total. The number of aliphatic hydroxyl groups is 2. The van der Waals surface area contributed by atoms with Crippen molar-refractivity contribution in [1.82, 2.24) is 5.32 Å². The summed E-state index contributed by atoms with van der Waals surface area (Å²) in [6.45, 7) is 3.19. The Hall–Kier alpha value is -0.630. The Balaban J connectivity index is 2.07. The van der Waals surface area contributed by atoms with Crippen LogP contribution in [-0.2, 0) is 4.74 Å². The Morgan fingerprint density at radius 3 is 2.94 bits per heavy atom. The molecular weight excluding hydrogens is 247 g/mol. The van der Waals surface area contributed by atoms with E-state index in [1.165, 1.54) is 11.8 Å². The summed E-state index contributed by atoms with van der Waals surface area (Å²) in [7, 11) is 0. The van der Waals surface area contributed by atoms with Crippen molar-refractivity contribution in [3.63, 3.8) is 0 Å². The zero-order valence-corrected chi connectivity index (χ0v) is 9.94. The average molecular weight is 262 g/mol. The van der Waals surface area contributed by atoms with Gasteiger partial charge in [-0.2, -0.15) is 0 Å². The van der Waals surface area contributed by atoms with Gasteiger partial charge >= 0.3 is 0 Å². The lowest BCUT2D eigenvalue weighted by atomic mass is 9.99. The van der Waals surface area contributed by atoms with Gasteiger partial charge in [-0.05, 0) is 0 Å². The van der Waals surface area contributed by atoms with Crippen molar-refractivity contribution in [2.24, 2.45) is 4.99 Å². The van der Waals surface area contributed by atoms with Crippen molar-refractivity contribution in [1.29, 1.82) is 0 Å². The number of thioether (sulfide) groups is 1. The number of amidine groups is 1. The van der Waals surface area contributed by atoms with Crippen molar-refractivity contribution >= 4 is 16.9 Å². The number of aliphatic hydroxyl groups excluding tert-OH is 2. The number of fused-ring (bicyclic) bond motifs is 1. The third-order valence-corrected chi connectivity index (χ3v) is 3.84. The topological polar surface area (TPSA) is 74.1 Å². The van der Waals surface area contributed by atoms with Crippen LogP contribution in [0.2, 0.25) is 0 Å². The molecule has 7 heteroatoms. The fourth-order valence-corrected chi connectivity index (χ4v) is 2.98. The van der Waals surface area contributed by atoms with Crippen LogP contribution in [0.15, 0.2) is 17.6 Å². The Labute approximate surface area is 103 Å². The summed E-state index contributed by atoms with van der Waals surface area (Å²) >= 11 is 1.29. The fraction of sp³-hybridized carbons (Fsp3) is 0.700. The molecule has 2 heterocycles. The minimum atomic E-state index is -1.21. The molecule has 3 N–H and O–H groups in total. The van der Waals surface area contributed by atoms with Gasteiger partial charge in [0.1, 0.15) is 30.4 Å². The van der Waals surface area contributed by atoms with E-state index >= 15 is 0 Å². The molecule has 2 aliphatic heterocycles. The molecule has 0 aromatic carbocycles. The van der Waals surface area contributed by atoms with Crippen molar-refractivity contribution in [2.45, 2.75) is 29.8 Å². The molecule has 2 rings (SSSR count). The van der Waals surface area contributed by atoms with Crippen LogP contribution in [-0.4, -0.2) is 58.4 Å². The van der Waals surface area contributed by atoms with E-state index in [0.717, 1.165) is 0 Å². The summed E-state index contributed by atoms with van der Waals surface area (Å²) in [5, 5.41) is 23.0. The van der Waals surface area contributed by atoms with E-state index in [2.05, 4.69) is 16.9 Å². The fourth-order valence-electron chi connectivity index (χ4n) is 1.83. The summed E-state index contributed by atoms with van der Waals surface area (Å²) in [6, 6.07) is -0.457. The molecule has 0 aromatic heterocycles. The number of hydrogen-bond donors (Lipinski definition) is 3. The molecule has 2 aliphatic rings. The van der Waals surface area contributed by atoms with E-state index in [9.17, 15) is 14.6 Å². The highest BCUT2D eigenvalue weighted by atomic mass is 32.2. The lowest BCUT2D eigenvalue weighted by molar-refractivity contribution is -0.160. The first-order valence-electron chi connectivity index (χ1n) is 5.33. The maximum absolute atomic E-state index is 12.6. The summed E-state index contributed by atoms with van der Waals surface area (Å²) in [5.74, 6) is 0. The lowest BCUT2D eigenvalue weighted by Crippen LogP contribution is -2.59. The predicted molar refractivity (Wildman–Crippen MR) is 63.7 cm³/mol. The normalized spacial score (nSPS) is 43.2. The minimum absolute atomic E-state index is 0.419. The van der Waals surface area contributed by atoms with Gasteiger partial charge in [-0.1, -0.05) is 17.8 Å². The lowest BCUT2D eigenvalue weighted by Gasteiger charge is -2.37. The number of halogens is 1. The highest BCUT2D eigenvalue weighted by Gasteiger charge is 2.48. The van der Waals surface area contributed by atoms with Crippen LogP contribution in [0.5, 0.6) is 0 Å². The number of hydrogen-bond acceptors (Lipinski definition) is 5. The number of nitrogens with zero attached hydrogens (tertiary/aromatic N) is 1. The summed E-state index contributed by atoms with van der Waals surface area (Å²) < 4.78 is 18.0. The zero-order chi connectivity index (χ0) is 12.4. The van der Waals surface area contributed by atoms with Gasteiger partial charge in [0.25, 0.3) is 0 Å². The van der Waals surface area contributed by atoms with Gasteiger partial charge in [-0.25, -0.2) is 4.39 Å². The molecule has 0 spiro atoms. The van der Waals surface area contributed by atoms with Gasteiger partial charge < -0.3 is 20.3 Å². The van der Waals surface area contributed by atoms with E-state index < -0.39 is 36.5 Å². The maximum atomic E-state index is 12.6. The zero-order valence-electron chi connectivity index (χ0n) is 9.12. The Morgan fingerprint density at radius 1 is 1.53 bits per heavy atom. The second-order valence-corrected chi connectivity index (χ2v) is 4.99. The Bertz CT molecular complexity index is 329. The number of nitrogens with one attached hydrogen (secondary N) is 1. The molecule has 5 unspecified atom stereocenters. The van der Waals surface area contributed by atoms with Crippen LogP contribution in [0, 0.1) is 0 Å². The Morgan fingerprint density at radius 2 is 2.29 bits per heavy atom. The number of aliphatic imine (C=N–C) groups is 1. The molecule has 0 aliphatic carbocycles. The highest BCUT2D eigenvalue weighted by Crippen LogP contribution is 2.33. The summed E-state index contributed by atoms with van der Waals surface area (Å²) in [5.41, 5.74) is -0.419. The first kappa shape index (κ1) is 12.8. The van der Waals surface area contributed by atoms with Crippen molar-refractivity contribution < 1.29 is 19.3 Å². The molecule has 17 heavy (non-hydrogen) atoms. The van der Waals surface area contributed by atoms with Crippen LogP contribution < -0.4 is 5.32 Å². The summed E-state index contributed by atoms with van der Waals surface area (Å²) in [6.07, 6.45) is -1.60. The second kappa shape index (κ2) is 5.34. The third kappa shape index (κ3) is 2.47. The SMILES string of the molecule is C=CCN=C1NC2C(OC(CF)C(O)C2O)S1. The third-order valence-electron chi connectivity index (χ3n) is 2.73.